The van der Waals surface area contributed by atoms with Crippen molar-refractivity contribution in [1.29, 1.82) is 0 Å². The monoisotopic (exact) mass is 372 g/mol. The number of hydrogen-bond acceptors (Lipinski definition) is 3. The normalized spacial score (nSPS) is 27.2. The highest BCUT2D eigenvalue weighted by Crippen LogP contribution is 2.23. The summed E-state index contributed by atoms with van der Waals surface area (Å²) in [6.45, 7) is 13.3. The van der Waals surface area contributed by atoms with E-state index >= 15 is 0 Å². The number of aliphatic imine (C=N–C) groups is 1. The number of likely N-dealkylation sites (tertiary alicyclic amines) is 2. The van der Waals surface area contributed by atoms with Gasteiger partial charge in [-0.3, -0.25) is 4.90 Å². The minimum Gasteiger partial charge on any atom is -0.391 e. The van der Waals surface area contributed by atoms with Crippen LogP contribution in [0.25, 0.3) is 0 Å². The van der Waals surface area contributed by atoms with Crippen LogP contribution < -0.4 is 5.32 Å². The number of β-amino-alcohol motifs (C(OH)–C–C–N with tert-alkyl or cyclic N) is 1. The van der Waals surface area contributed by atoms with Gasteiger partial charge in [-0.05, 0) is 42.7 Å². The summed E-state index contributed by atoms with van der Waals surface area (Å²) < 4.78 is 0. The van der Waals surface area contributed by atoms with Gasteiger partial charge >= 0.3 is 0 Å². The molecule has 5 nitrogen and oxygen atoms in total. The van der Waals surface area contributed by atoms with Crippen LogP contribution >= 0.6 is 0 Å². The minimum atomic E-state index is -0.232. The maximum atomic E-state index is 9.84. The van der Waals surface area contributed by atoms with E-state index in [-0.39, 0.29) is 6.10 Å². The lowest BCUT2D eigenvalue weighted by Crippen LogP contribution is -2.40. The molecule has 2 fully saturated rings. The van der Waals surface area contributed by atoms with Gasteiger partial charge in [-0.25, -0.2) is 4.99 Å². The van der Waals surface area contributed by atoms with Gasteiger partial charge in [-0.2, -0.15) is 0 Å². The Bertz CT molecular complexity index is 622. The molecule has 5 heteroatoms. The molecule has 0 spiro atoms. The lowest BCUT2D eigenvalue weighted by atomic mass is 9.91. The summed E-state index contributed by atoms with van der Waals surface area (Å²) in [4.78, 5) is 9.66. The van der Waals surface area contributed by atoms with Crippen LogP contribution in [0.2, 0.25) is 0 Å². The van der Waals surface area contributed by atoms with E-state index in [4.69, 9.17) is 4.99 Å². The van der Waals surface area contributed by atoms with Gasteiger partial charge < -0.3 is 15.3 Å². The fourth-order valence-electron chi connectivity index (χ4n) is 4.55. The van der Waals surface area contributed by atoms with E-state index in [9.17, 15) is 5.11 Å². The van der Waals surface area contributed by atoms with Gasteiger partial charge in [0.05, 0.1) is 12.6 Å². The van der Waals surface area contributed by atoms with Crippen molar-refractivity contribution in [2.24, 2.45) is 16.8 Å². The molecule has 2 unspecified atom stereocenters. The summed E-state index contributed by atoms with van der Waals surface area (Å²) in [5, 5.41) is 13.2. The second kappa shape index (κ2) is 9.56. The van der Waals surface area contributed by atoms with Crippen molar-refractivity contribution in [2.45, 2.75) is 52.8 Å². The maximum absolute atomic E-state index is 9.84. The highest BCUT2D eigenvalue weighted by atomic mass is 16.3. The van der Waals surface area contributed by atoms with Gasteiger partial charge in [0.2, 0.25) is 0 Å². The summed E-state index contributed by atoms with van der Waals surface area (Å²) in [5.41, 5.74) is 2.69. The van der Waals surface area contributed by atoms with E-state index in [2.05, 4.69) is 60.2 Å². The largest absolute Gasteiger partial charge is 0.391 e. The van der Waals surface area contributed by atoms with Crippen LogP contribution in [0.4, 0.5) is 0 Å². The first kappa shape index (κ1) is 20.2. The van der Waals surface area contributed by atoms with Crippen molar-refractivity contribution < 1.29 is 5.11 Å². The molecular formula is C22H36N4O. The first-order valence-corrected chi connectivity index (χ1v) is 10.6. The van der Waals surface area contributed by atoms with E-state index in [0.717, 1.165) is 43.9 Å². The molecule has 1 aromatic rings. The molecule has 3 atom stereocenters. The molecule has 2 aliphatic rings. The van der Waals surface area contributed by atoms with Gasteiger partial charge in [-0.1, -0.05) is 38.1 Å². The average molecular weight is 373 g/mol. The van der Waals surface area contributed by atoms with E-state index < -0.39 is 0 Å². The van der Waals surface area contributed by atoms with Gasteiger partial charge in [0.1, 0.15) is 0 Å². The number of hydrogen-bond donors (Lipinski definition) is 2. The number of rotatable bonds is 5. The van der Waals surface area contributed by atoms with Gasteiger partial charge in [0, 0.05) is 39.3 Å². The number of aliphatic hydroxyl groups is 1. The number of aliphatic hydroxyl groups excluding tert-OH is 1. The number of benzene rings is 1. The van der Waals surface area contributed by atoms with Crippen LogP contribution in [0.5, 0.6) is 0 Å². The third kappa shape index (κ3) is 5.69. The number of nitrogens with zero attached hydrogens (tertiary/aromatic N) is 3. The Labute approximate surface area is 164 Å². The van der Waals surface area contributed by atoms with Crippen LogP contribution in [0.1, 0.15) is 44.7 Å². The number of piperidine rings is 1. The molecule has 3 rings (SSSR count). The van der Waals surface area contributed by atoms with Crippen LogP contribution in [0.15, 0.2) is 29.3 Å². The molecule has 2 saturated heterocycles. The van der Waals surface area contributed by atoms with E-state index in [1.807, 2.05) is 0 Å². The second-order valence-corrected chi connectivity index (χ2v) is 8.47. The predicted octanol–water partition coefficient (Wildman–Crippen LogP) is 2.70. The van der Waals surface area contributed by atoms with E-state index in [0.29, 0.717) is 13.1 Å². The predicted molar refractivity (Wildman–Crippen MR) is 112 cm³/mol. The molecule has 0 aliphatic carbocycles. The highest BCUT2D eigenvalue weighted by molar-refractivity contribution is 5.80. The first-order chi connectivity index (χ1) is 13.0. The molecule has 0 radical (unpaired) electrons. The maximum Gasteiger partial charge on any atom is 0.194 e. The molecule has 150 valence electrons. The Kier molecular flexibility index (Phi) is 7.13. The third-order valence-corrected chi connectivity index (χ3v) is 5.65. The molecule has 0 amide bonds. The SMILES string of the molecule is CCNC(=NCc1ccccc1CN1CC(C)CC(C)C1)N1CC[C@@H](O)C1. The van der Waals surface area contributed by atoms with E-state index in [1.165, 1.54) is 30.6 Å². The Morgan fingerprint density at radius 2 is 1.85 bits per heavy atom. The molecule has 2 N–H and O–H groups in total. The smallest absolute Gasteiger partial charge is 0.194 e. The lowest BCUT2D eigenvalue weighted by molar-refractivity contribution is 0.134. The quantitative estimate of drug-likeness (QED) is 0.616. The van der Waals surface area contributed by atoms with Gasteiger partial charge in [0.25, 0.3) is 0 Å². The molecule has 2 heterocycles. The van der Waals surface area contributed by atoms with Crippen molar-refractivity contribution in [2.75, 3.05) is 32.7 Å². The molecule has 1 aromatic carbocycles. The Hall–Kier alpha value is -1.59. The summed E-state index contributed by atoms with van der Waals surface area (Å²) in [7, 11) is 0. The Morgan fingerprint density at radius 3 is 2.48 bits per heavy atom. The molecule has 0 bridgehead atoms. The lowest BCUT2D eigenvalue weighted by Gasteiger charge is -2.35. The molecule has 0 aromatic heterocycles. The summed E-state index contributed by atoms with van der Waals surface area (Å²) in [6, 6.07) is 8.71. The van der Waals surface area contributed by atoms with Gasteiger partial charge in [-0.15, -0.1) is 0 Å². The zero-order valence-corrected chi connectivity index (χ0v) is 17.2. The van der Waals surface area contributed by atoms with Crippen molar-refractivity contribution in [1.82, 2.24) is 15.1 Å². The standard InChI is InChI=1S/C22H36N4O/c1-4-23-22(26-10-9-21(27)16-26)24-12-19-7-5-6-8-20(19)15-25-13-17(2)11-18(3)14-25/h5-8,17-18,21,27H,4,9-16H2,1-3H3,(H,23,24)/t17?,18?,21-/m1/s1. The highest BCUT2D eigenvalue weighted by Gasteiger charge is 2.24. The van der Waals surface area contributed by atoms with Crippen LogP contribution in [0.3, 0.4) is 0 Å². The van der Waals surface area contributed by atoms with Crippen molar-refractivity contribution >= 4 is 5.96 Å². The van der Waals surface area contributed by atoms with Crippen LogP contribution in [-0.4, -0.2) is 59.7 Å². The minimum absolute atomic E-state index is 0.232. The van der Waals surface area contributed by atoms with Gasteiger partial charge in [0.15, 0.2) is 5.96 Å². The number of guanidine groups is 1. The second-order valence-electron chi connectivity index (χ2n) is 8.47. The zero-order valence-electron chi connectivity index (χ0n) is 17.2. The topological polar surface area (TPSA) is 51.1 Å². The van der Waals surface area contributed by atoms with Crippen LogP contribution in [-0.2, 0) is 13.1 Å². The average Bonchev–Trinajstić information content (AvgIpc) is 3.05. The fraction of sp³-hybridized carbons (Fsp3) is 0.682. The molecule has 2 aliphatic heterocycles. The van der Waals surface area contributed by atoms with E-state index in [1.54, 1.807) is 0 Å². The number of nitrogens with one attached hydrogen (secondary N) is 1. The molecule has 27 heavy (non-hydrogen) atoms. The molecule has 0 saturated carbocycles. The molecular weight excluding hydrogens is 336 g/mol. The summed E-state index contributed by atoms with van der Waals surface area (Å²) in [6.07, 6.45) is 1.94. The third-order valence-electron chi connectivity index (χ3n) is 5.65. The summed E-state index contributed by atoms with van der Waals surface area (Å²) >= 11 is 0. The Balaban J connectivity index is 1.69. The van der Waals surface area contributed by atoms with Crippen molar-refractivity contribution in [3.8, 4) is 0 Å². The fourth-order valence-corrected chi connectivity index (χ4v) is 4.55. The van der Waals surface area contributed by atoms with Crippen molar-refractivity contribution in [3.63, 3.8) is 0 Å². The van der Waals surface area contributed by atoms with Crippen molar-refractivity contribution in [3.05, 3.63) is 35.4 Å². The first-order valence-electron chi connectivity index (χ1n) is 10.6. The van der Waals surface area contributed by atoms with Crippen LogP contribution in [0, 0.1) is 11.8 Å². The Morgan fingerprint density at radius 1 is 1.15 bits per heavy atom. The zero-order chi connectivity index (χ0) is 19.2. The summed E-state index contributed by atoms with van der Waals surface area (Å²) in [5.74, 6) is 2.48.